The quantitative estimate of drug-likeness (QED) is 0.769. The summed E-state index contributed by atoms with van der Waals surface area (Å²) in [7, 11) is 4.17. The zero-order valence-corrected chi connectivity index (χ0v) is 13.9. The highest BCUT2D eigenvalue weighted by Gasteiger charge is 2.11. The van der Waals surface area contributed by atoms with E-state index >= 15 is 0 Å². The minimum Gasteiger partial charge on any atom is -0.309 e. The fraction of sp³-hybridized carbons (Fsp3) is 1.00. The molecule has 0 atom stereocenters. The zero-order chi connectivity index (χ0) is 13.7. The first-order valence-electron chi connectivity index (χ1n) is 7.04. The first-order chi connectivity index (χ1) is 8.07. The van der Waals surface area contributed by atoms with Crippen LogP contribution in [0.3, 0.4) is 0 Å². The van der Waals surface area contributed by atoms with Gasteiger partial charge in [-0.25, -0.2) is 0 Å². The minimum atomic E-state index is 0.755. The van der Waals surface area contributed by atoms with Crippen molar-refractivity contribution in [2.45, 2.75) is 47.1 Å². The van der Waals surface area contributed by atoms with Crippen LogP contribution in [0.25, 0.3) is 0 Å². The van der Waals surface area contributed by atoms with E-state index in [9.17, 15) is 0 Å². The van der Waals surface area contributed by atoms with Crippen molar-refractivity contribution in [1.29, 1.82) is 0 Å². The van der Waals surface area contributed by atoms with E-state index in [1.54, 1.807) is 0 Å². The van der Waals surface area contributed by atoms with Gasteiger partial charge in [-0.15, -0.1) is 0 Å². The summed E-state index contributed by atoms with van der Waals surface area (Å²) in [4.78, 5) is 4.72. The largest absolute Gasteiger partial charge is 0.309 e. The molecule has 1 aliphatic rings. The van der Waals surface area contributed by atoms with E-state index in [0.29, 0.717) is 0 Å². The van der Waals surface area contributed by atoms with Gasteiger partial charge >= 0.3 is 0 Å². The standard InChI is InChI=1S/C7H15NS.C5H13N.C2H6/c1-7(2)8-3-5-9-6-4-8;1-4-5-6(2)3;1-2/h7H,3-6H2,1-2H3;4-5H2,1-3H3;1-2H3. The van der Waals surface area contributed by atoms with E-state index in [1.807, 2.05) is 13.8 Å². The summed E-state index contributed by atoms with van der Waals surface area (Å²) in [5.41, 5.74) is 0. The molecular weight excluding hydrogens is 228 g/mol. The van der Waals surface area contributed by atoms with Crippen LogP contribution in [0.5, 0.6) is 0 Å². The number of rotatable bonds is 3. The average Bonchev–Trinajstić information content (AvgIpc) is 2.33. The Morgan fingerprint density at radius 3 is 1.76 bits per heavy atom. The van der Waals surface area contributed by atoms with E-state index < -0.39 is 0 Å². The Hall–Kier alpha value is 0.270. The Kier molecular flexibility index (Phi) is 16.5. The third-order valence-corrected chi connectivity index (χ3v) is 3.39. The van der Waals surface area contributed by atoms with Gasteiger partial charge in [-0.1, -0.05) is 20.8 Å². The lowest BCUT2D eigenvalue weighted by Crippen LogP contribution is -2.37. The van der Waals surface area contributed by atoms with Gasteiger partial charge in [0.05, 0.1) is 0 Å². The van der Waals surface area contributed by atoms with Crippen molar-refractivity contribution in [3.63, 3.8) is 0 Å². The molecule has 0 bridgehead atoms. The van der Waals surface area contributed by atoms with Crippen molar-refractivity contribution < 1.29 is 0 Å². The van der Waals surface area contributed by atoms with E-state index in [2.05, 4.69) is 56.4 Å². The monoisotopic (exact) mass is 262 g/mol. The molecule has 1 fully saturated rings. The predicted octanol–water partition coefficient (Wildman–Crippen LogP) is 3.43. The van der Waals surface area contributed by atoms with Gasteiger partial charge in [0.2, 0.25) is 0 Å². The Labute approximate surface area is 114 Å². The summed E-state index contributed by atoms with van der Waals surface area (Å²) in [5.74, 6) is 2.66. The average molecular weight is 263 g/mol. The molecule has 0 aromatic heterocycles. The number of hydrogen-bond acceptors (Lipinski definition) is 3. The maximum Gasteiger partial charge on any atom is 0.00754 e. The lowest BCUT2D eigenvalue weighted by Gasteiger charge is -2.29. The van der Waals surface area contributed by atoms with Crippen molar-refractivity contribution >= 4 is 11.8 Å². The SMILES string of the molecule is CC.CC(C)N1CCSCC1.CCCN(C)C. The van der Waals surface area contributed by atoms with Crippen molar-refractivity contribution in [2.75, 3.05) is 45.2 Å². The lowest BCUT2D eigenvalue weighted by molar-refractivity contribution is 0.245. The number of nitrogens with zero attached hydrogens (tertiary/aromatic N) is 2. The Morgan fingerprint density at radius 2 is 1.59 bits per heavy atom. The van der Waals surface area contributed by atoms with Crippen LogP contribution in [0.4, 0.5) is 0 Å². The Balaban J connectivity index is 0. The summed E-state index contributed by atoms with van der Waals surface area (Å²) < 4.78 is 0. The molecule has 0 amide bonds. The first kappa shape index (κ1) is 19.6. The van der Waals surface area contributed by atoms with Gasteiger partial charge in [-0.2, -0.15) is 11.8 Å². The van der Waals surface area contributed by atoms with Crippen LogP contribution in [-0.4, -0.2) is 61.1 Å². The summed E-state index contributed by atoms with van der Waals surface area (Å²) in [5, 5.41) is 0. The maximum absolute atomic E-state index is 2.54. The van der Waals surface area contributed by atoms with Gasteiger partial charge in [0.1, 0.15) is 0 Å². The number of hydrogen-bond donors (Lipinski definition) is 0. The van der Waals surface area contributed by atoms with Crippen LogP contribution in [0.2, 0.25) is 0 Å². The van der Waals surface area contributed by atoms with Crippen LogP contribution in [0, 0.1) is 0 Å². The normalized spacial score (nSPS) is 16.1. The molecule has 0 saturated carbocycles. The van der Waals surface area contributed by atoms with E-state index in [4.69, 9.17) is 0 Å². The van der Waals surface area contributed by atoms with Crippen molar-refractivity contribution in [3.05, 3.63) is 0 Å². The van der Waals surface area contributed by atoms with Crippen molar-refractivity contribution in [1.82, 2.24) is 9.80 Å². The zero-order valence-electron chi connectivity index (χ0n) is 13.1. The van der Waals surface area contributed by atoms with Crippen LogP contribution in [0.1, 0.15) is 41.0 Å². The predicted molar refractivity (Wildman–Crippen MR) is 84.2 cm³/mol. The van der Waals surface area contributed by atoms with Gasteiger partial charge in [-0.3, -0.25) is 4.90 Å². The summed E-state index contributed by atoms with van der Waals surface area (Å²) in [6.07, 6.45) is 1.26. The van der Waals surface area contributed by atoms with E-state index in [0.717, 1.165) is 6.04 Å². The Bertz CT molecular complexity index is 132. The van der Waals surface area contributed by atoms with Gasteiger partial charge in [0.25, 0.3) is 0 Å². The highest BCUT2D eigenvalue weighted by Crippen LogP contribution is 2.10. The molecule has 0 radical (unpaired) electrons. The van der Waals surface area contributed by atoms with Crippen LogP contribution >= 0.6 is 11.8 Å². The molecule has 0 N–H and O–H groups in total. The topological polar surface area (TPSA) is 6.48 Å². The van der Waals surface area contributed by atoms with E-state index in [-0.39, 0.29) is 0 Å². The van der Waals surface area contributed by atoms with Crippen molar-refractivity contribution in [3.8, 4) is 0 Å². The molecule has 1 aliphatic heterocycles. The molecule has 3 heteroatoms. The molecule has 17 heavy (non-hydrogen) atoms. The molecule has 0 aromatic rings. The summed E-state index contributed by atoms with van der Waals surface area (Å²) in [6.45, 7) is 14.5. The second-order valence-corrected chi connectivity index (χ2v) is 5.77. The Morgan fingerprint density at radius 1 is 1.12 bits per heavy atom. The molecular formula is C14H34N2S. The molecule has 106 valence electrons. The second kappa shape index (κ2) is 14.3. The molecule has 1 saturated heterocycles. The molecule has 1 heterocycles. The third-order valence-electron chi connectivity index (χ3n) is 2.45. The van der Waals surface area contributed by atoms with Crippen LogP contribution in [-0.2, 0) is 0 Å². The molecule has 0 aliphatic carbocycles. The molecule has 0 unspecified atom stereocenters. The lowest BCUT2D eigenvalue weighted by atomic mass is 10.3. The summed E-state index contributed by atoms with van der Waals surface area (Å²) in [6, 6.07) is 0.755. The third kappa shape index (κ3) is 14.2. The highest BCUT2D eigenvalue weighted by molar-refractivity contribution is 7.99. The van der Waals surface area contributed by atoms with Gasteiger partial charge in [0.15, 0.2) is 0 Å². The smallest absolute Gasteiger partial charge is 0.00754 e. The highest BCUT2D eigenvalue weighted by atomic mass is 32.2. The van der Waals surface area contributed by atoms with Crippen molar-refractivity contribution in [2.24, 2.45) is 0 Å². The fourth-order valence-corrected chi connectivity index (χ4v) is 2.47. The molecule has 0 spiro atoms. The van der Waals surface area contributed by atoms with Gasteiger partial charge in [-0.05, 0) is 40.9 Å². The molecule has 0 aromatic carbocycles. The maximum atomic E-state index is 2.54. The second-order valence-electron chi connectivity index (χ2n) is 4.55. The van der Waals surface area contributed by atoms with Gasteiger partial charge in [0, 0.05) is 30.6 Å². The fourth-order valence-electron chi connectivity index (χ4n) is 1.54. The van der Waals surface area contributed by atoms with Gasteiger partial charge < -0.3 is 4.90 Å². The number of thioether (sulfide) groups is 1. The van der Waals surface area contributed by atoms with Crippen LogP contribution in [0.15, 0.2) is 0 Å². The van der Waals surface area contributed by atoms with E-state index in [1.165, 1.54) is 37.6 Å². The molecule has 1 rings (SSSR count). The molecule has 2 nitrogen and oxygen atoms in total. The summed E-state index contributed by atoms with van der Waals surface area (Å²) >= 11 is 2.07. The van der Waals surface area contributed by atoms with Crippen LogP contribution < -0.4 is 0 Å². The minimum absolute atomic E-state index is 0.755. The first-order valence-corrected chi connectivity index (χ1v) is 8.20.